The summed E-state index contributed by atoms with van der Waals surface area (Å²) < 4.78 is 0. The van der Waals surface area contributed by atoms with E-state index in [0.717, 1.165) is 96.2 Å². The Balaban J connectivity index is 1.22. The Morgan fingerprint density at radius 3 is 1.68 bits per heavy atom. The van der Waals surface area contributed by atoms with Crippen LogP contribution in [0, 0.1) is 0 Å². The monoisotopic (exact) mass is 926 g/mol. The van der Waals surface area contributed by atoms with Crippen LogP contribution in [0.5, 0.6) is 0 Å². The summed E-state index contributed by atoms with van der Waals surface area (Å²) in [5, 5.41) is 0. The van der Waals surface area contributed by atoms with E-state index in [2.05, 4.69) is 156 Å². The molecule has 2 N–H and O–H groups in total. The molecule has 0 amide bonds. The molecule has 0 radical (unpaired) electrons. The van der Waals surface area contributed by atoms with E-state index in [4.69, 9.17) is 9.97 Å². The molecule has 0 spiro atoms. The number of rotatable bonds is 0. The van der Waals surface area contributed by atoms with E-state index in [0.29, 0.717) is 0 Å². The first-order chi connectivity index (χ1) is 35.6. The number of H-pyrrole nitrogens is 2. The lowest BCUT2D eigenvalue weighted by Crippen LogP contribution is -2.23. The highest BCUT2D eigenvalue weighted by molar-refractivity contribution is 6.13. The Morgan fingerprint density at radius 2 is 0.972 bits per heavy atom. The van der Waals surface area contributed by atoms with Crippen LogP contribution < -0.4 is 0 Å². The summed E-state index contributed by atoms with van der Waals surface area (Å²) in [6.45, 7) is 0. The zero-order valence-corrected chi connectivity index (χ0v) is 40.5. The molecule has 0 fully saturated rings. The Morgan fingerprint density at radius 1 is 0.403 bits per heavy atom. The predicted molar refractivity (Wildman–Crippen MR) is 298 cm³/mol. The lowest BCUT2D eigenvalue weighted by atomic mass is 9.63. The minimum atomic E-state index is 0.229. The fourth-order valence-corrected chi connectivity index (χ4v) is 15.5. The molecule has 18 aliphatic carbocycles. The van der Waals surface area contributed by atoms with E-state index >= 15 is 0 Å². The van der Waals surface area contributed by atoms with Crippen molar-refractivity contribution in [2.45, 2.75) is 101 Å². The van der Waals surface area contributed by atoms with Crippen LogP contribution in [0.25, 0.3) is 102 Å². The molecule has 3 aromatic heterocycles. The number of benzene rings is 4. The van der Waals surface area contributed by atoms with Gasteiger partial charge in [0.25, 0.3) is 0 Å². The van der Waals surface area contributed by atoms with Gasteiger partial charge in [-0.05, 0) is 227 Å². The highest BCUT2D eigenvalue weighted by Gasteiger charge is 2.43. The summed E-state index contributed by atoms with van der Waals surface area (Å²) in [7, 11) is 0. The van der Waals surface area contributed by atoms with E-state index in [1.807, 2.05) is 0 Å². The predicted octanol–water partition coefficient (Wildman–Crippen LogP) is 17.7. The third kappa shape index (κ3) is 5.69. The van der Waals surface area contributed by atoms with Crippen molar-refractivity contribution in [3.05, 3.63) is 200 Å². The molecule has 27 rings (SSSR count). The van der Waals surface area contributed by atoms with Crippen LogP contribution in [0.15, 0.2) is 127 Å². The van der Waals surface area contributed by atoms with Crippen molar-refractivity contribution in [3.8, 4) is 33.4 Å². The molecule has 2 aliphatic heterocycles. The maximum absolute atomic E-state index is 6.03. The quantitative estimate of drug-likeness (QED) is 0.159. The van der Waals surface area contributed by atoms with E-state index in [1.165, 1.54) is 115 Å². The zero-order valence-electron chi connectivity index (χ0n) is 40.5. The van der Waals surface area contributed by atoms with Gasteiger partial charge in [0.2, 0.25) is 0 Å². The second kappa shape index (κ2) is 15.0. The van der Waals surface area contributed by atoms with Crippen molar-refractivity contribution < 1.29 is 0 Å². The number of fused-ring (bicyclic) bond motifs is 7. The molecule has 4 nitrogen and oxygen atoms in total. The second-order valence-electron chi connectivity index (χ2n) is 22.3. The lowest BCUT2D eigenvalue weighted by Gasteiger charge is -2.41. The van der Waals surface area contributed by atoms with Crippen LogP contribution in [0.3, 0.4) is 0 Å². The van der Waals surface area contributed by atoms with Gasteiger partial charge in [0.15, 0.2) is 0 Å². The summed E-state index contributed by atoms with van der Waals surface area (Å²) >= 11 is 0. The average molecular weight is 927 g/mol. The van der Waals surface area contributed by atoms with Gasteiger partial charge in [-0.25, -0.2) is 9.97 Å². The molecule has 4 atom stereocenters. The standard InChI is InChI=1S/C68H54N4/c1-6-14-52-47(9-1)37-17-21-39(22-18-37)61-60-35-45-29-28-43(70-45)32-42-26-27-44(69-42)33-46-34-59-58-36-57-51-13-5-4-12-50(51)56-31-41-25-30-55(56)66(67(59)71-46)68(72-60)62(61)40-23-19-38(20-24-40)48-10-2-8-16-54(48)65(63(52)57)64(58)53-15-7-3-11-49(41)53/h9-12,17-36,51-54,69,72H,1-8,13-16H2. The van der Waals surface area contributed by atoms with Crippen LogP contribution in [0.1, 0.15) is 174 Å². The van der Waals surface area contributed by atoms with Gasteiger partial charge in [-0.15, -0.1) is 0 Å². The molecule has 7 aromatic rings. The third-order valence-corrected chi connectivity index (χ3v) is 18.5. The lowest BCUT2D eigenvalue weighted by molar-refractivity contribution is 0.601. The van der Waals surface area contributed by atoms with Gasteiger partial charge >= 0.3 is 0 Å². The van der Waals surface area contributed by atoms with Gasteiger partial charge in [-0.1, -0.05) is 85.0 Å². The van der Waals surface area contributed by atoms with Gasteiger partial charge in [-0.3, -0.25) is 0 Å². The molecule has 23 bridgehead atoms. The average Bonchev–Trinajstić information content (AvgIpc) is 4.25. The number of nitrogens with zero attached hydrogens (tertiary/aromatic N) is 2. The summed E-state index contributed by atoms with van der Waals surface area (Å²) in [6.07, 6.45) is 31.2. The van der Waals surface area contributed by atoms with E-state index in [-0.39, 0.29) is 23.7 Å². The normalized spacial score (nSPS) is 22.1. The van der Waals surface area contributed by atoms with Gasteiger partial charge < -0.3 is 9.97 Å². The summed E-state index contributed by atoms with van der Waals surface area (Å²) in [5.74, 6) is 0.990. The van der Waals surface area contributed by atoms with Crippen molar-refractivity contribution >= 4 is 68.2 Å². The fraction of sp³-hybridized carbons (Fsp3) is 0.235. The van der Waals surface area contributed by atoms with Gasteiger partial charge in [-0.2, -0.15) is 0 Å². The summed E-state index contributed by atoms with van der Waals surface area (Å²) in [6, 6.07) is 41.3. The summed E-state index contributed by atoms with van der Waals surface area (Å²) in [5.41, 5.74) is 36.1. The number of hydrogen-bond donors (Lipinski definition) is 2. The topological polar surface area (TPSA) is 57.4 Å². The Hall–Kier alpha value is -7.56. The molecule has 346 valence electrons. The van der Waals surface area contributed by atoms with Crippen LogP contribution >= 0.6 is 0 Å². The van der Waals surface area contributed by atoms with E-state index < -0.39 is 0 Å². The smallest absolute Gasteiger partial charge is 0.0815 e. The van der Waals surface area contributed by atoms with Crippen molar-refractivity contribution in [1.29, 1.82) is 0 Å². The van der Waals surface area contributed by atoms with Crippen molar-refractivity contribution in [1.82, 2.24) is 19.9 Å². The first kappa shape index (κ1) is 40.1. The minimum absolute atomic E-state index is 0.229. The fourth-order valence-electron chi connectivity index (χ4n) is 15.5. The molecular weight excluding hydrogens is 873 g/mol. The molecule has 4 heteroatoms. The Bertz CT molecular complexity index is 3980. The van der Waals surface area contributed by atoms with Crippen molar-refractivity contribution in [2.24, 2.45) is 0 Å². The van der Waals surface area contributed by atoms with Gasteiger partial charge in [0, 0.05) is 62.5 Å². The van der Waals surface area contributed by atoms with Crippen LogP contribution in [-0.4, -0.2) is 19.9 Å². The van der Waals surface area contributed by atoms with Crippen molar-refractivity contribution in [2.75, 3.05) is 0 Å². The first-order valence-corrected chi connectivity index (χ1v) is 27.2. The molecule has 5 heterocycles. The molecule has 20 aliphatic rings. The Labute approximate surface area is 420 Å². The maximum Gasteiger partial charge on any atom is 0.0815 e. The number of aromatic nitrogens is 4. The number of hydrogen-bond acceptors (Lipinski definition) is 2. The van der Waals surface area contributed by atoms with Gasteiger partial charge in [0.1, 0.15) is 0 Å². The zero-order chi connectivity index (χ0) is 46.8. The second-order valence-corrected chi connectivity index (χ2v) is 22.3. The highest BCUT2D eigenvalue weighted by Crippen LogP contribution is 2.61. The molecule has 0 saturated carbocycles. The van der Waals surface area contributed by atoms with Gasteiger partial charge in [0.05, 0.1) is 28.3 Å². The van der Waals surface area contributed by atoms with Crippen molar-refractivity contribution in [3.63, 3.8) is 0 Å². The molecule has 0 saturated heterocycles. The van der Waals surface area contributed by atoms with Crippen LogP contribution in [-0.2, 0) is 0 Å². The Kier molecular flexibility index (Phi) is 8.35. The number of nitrogens with one attached hydrogen (secondary N) is 2. The summed E-state index contributed by atoms with van der Waals surface area (Å²) in [4.78, 5) is 19.4. The number of aromatic amines is 2. The largest absolute Gasteiger partial charge is 0.355 e. The van der Waals surface area contributed by atoms with E-state index in [1.54, 1.807) is 22.3 Å². The first-order valence-electron chi connectivity index (χ1n) is 27.2. The molecule has 4 unspecified atom stereocenters. The maximum atomic E-state index is 6.03. The molecule has 72 heavy (non-hydrogen) atoms. The molecule has 4 aromatic carbocycles. The van der Waals surface area contributed by atoms with E-state index in [9.17, 15) is 0 Å². The van der Waals surface area contributed by atoms with Crippen LogP contribution in [0.4, 0.5) is 0 Å². The SMILES string of the molecule is C1=Cc2cc3[nH]c4c5c6nc(cc7ccc(cc1n2)[nH]7)C=C6c1cc2c6c(c1C1CCCC=C1c1ccc-5c(c1)C1=CCCCC12)C1CCCC=C1c1ccc(cc1)-c4c3-c1ccc(cc1)C1=CCCCC16. The molecular formula is C68H54N4. The highest BCUT2D eigenvalue weighted by atomic mass is 14.8. The number of allylic oxidation sites excluding steroid dienone is 8. The third-order valence-electron chi connectivity index (χ3n) is 18.5. The minimum Gasteiger partial charge on any atom is -0.355 e. The van der Waals surface area contributed by atoms with Crippen LogP contribution in [0.2, 0.25) is 0 Å².